The highest BCUT2D eigenvalue weighted by Crippen LogP contribution is 2.65. The molecule has 2 aromatic carbocycles. The van der Waals surface area contributed by atoms with E-state index >= 15 is 0 Å². The fourth-order valence-electron chi connectivity index (χ4n) is 8.93. The molecule has 4 aromatic rings. The van der Waals surface area contributed by atoms with Crippen LogP contribution in [0.25, 0.3) is 11.3 Å². The molecule has 2 fully saturated rings. The Kier molecular flexibility index (Phi) is 8.90. The van der Waals surface area contributed by atoms with Crippen LogP contribution in [-0.4, -0.2) is 41.0 Å². The molecule has 0 amide bonds. The van der Waals surface area contributed by atoms with Crippen LogP contribution in [0, 0.1) is 35.9 Å². The summed E-state index contributed by atoms with van der Waals surface area (Å²) < 4.78 is 45.0. The number of methoxy groups -OCH3 is 1. The number of hydrogen-bond acceptors (Lipinski definition) is 9. The van der Waals surface area contributed by atoms with Crippen molar-refractivity contribution in [2.75, 3.05) is 7.11 Å². The molecular weight excluding hydrogens is 641 g/mol. The van der Waals surface area contributed by atoms with Gasteiger partial charge >= 0.3 is 11.6 Å². The normalized spacial score (nSPS) is 30.6. The Bertz CT molecular complexity index is 1910. The second kappa shape index (κ2) is 13.1. The predicted octanol–water partition coefficient (Wildman–Crippen LogP) is 7.36. The minimum atomic E-state index is -1.29. The van der Waals surface area contributed by atoms with E-state index in [-0.39, 0.29) is 40.6 Å². The molecule has 7 rings (SSSR count). The van der Waals surface area contributed by atoms with Gasteiger partial charge in [-0.05, 0) is 86.8 Å². The lowest BCUT2D eigenvalue weighted by Crippen LogP contribution is -2.69. The number of carbonyl (C=O) groups excluding carboxylic acids is 1. The first-order valence-corrected chi connectivity index (χ1v) is 17.1. The minimum Gasteiger partial charge on any atom is -0.482 e. The highest BCUT2D eigenvalue weighted by molar-refractivity contribution is 5.89. The lowest BCUT2D eigenvalue weighted by atomic mass is 9.46. The van der Waals surface area contributed by atoms with Crippen molar-refractivity contribution in [3.05, 3.63) is 118 Å². The summed E-state index contributed by atoms with van der Waals surface area (Å²) >= 11 is 0. The molecule has 0 radical (unpaired) electrons. The standard InChI is InChI=1S/C40H42FNO8/c1-22-8-10-25(11-9-22)38(46-5)48-29-16-17-39(3)28(23(29)2)19-32(49-36(44)24-12-14-27(41)15-13-24)40(4)35(39)34(43)33-31(50-40)20-30(47-37(33)45)26-7-6-18-42-21-26/h6-15,18,20-21,23,28-29,32,34-35,38,43H,16-17,19H2,1-5H3. The number of ether oxygens (including phenoxy) is 4. The lowest BCUT2D eigenvalue weighted by Gasteiger charge is -2.64. The summed E-state index contributed by atoms with van der Waals surface area (Å²) in [5.41, 5.74) is 0.320. The molecule has 9 atom stereocenters. The minimum absolute atomic E-state index is 0.0375. The molecule has 0 saturated heterocycles. The largest absolute Gasteiger partial charge is 0.482 e. The van der Waals surface area contributed by atoms with Crippen molar-refractivity contribution in [1.82, 2.24) is 4.98 Å². The summed E-state index contributed by atoms with van der Waals surface area (Å²) in [6.45, 7) is 8.12. The van der Waals surface area contributed by atoms with Crippen LogP contribution in [0.15, 0.2) is 88.3 Å². The smallest absolute Gasteiger partial charge is 0.345 e. The first-order valence-electron chi connectivity index (χ1n) is 17.1. The van der Waals surface area contributed by atoms with E-state index in [0.29, 0.717) is 24.8 Å². The van der Waals surface area contributed by atoms with Crippen LogP contribution in [0.4, 0.5) is 4.39 Å². The number of fused-ring (bicyclic) bond motifs is 4. The van der Waals surface area contributed by atoms with E-state index in [1.165, 1.54) is 24.3 Å². The first kappa shape index (κ1) is 34.1. The number of hydrogen-bond donors (Lipinski definition) is 1. The molecule has 0 spiro atoms. The second-order valence-electron chi connectivity index (χ2n) is 14.4. The third-order valence-electron chi connectivity index (χ3n) is 11.5. The van der Waals surface area contributed by atoms with Gasteiger partial charge in [0.05, 0.1) is 17.8 Å². The lowest BCUT2D eigenvalue weighted by molar-refractivity contribution is -0.258. The van der Waals surface area contributed by atoms with Crippen molar-refractivity contribution in [2.24, 2.45) is 23.2 Å². The maximum atomic E-state index is 13.8. The summed E-state index contributed by atoms with van der Waals surface area (Å²) in [6, 6.07) is 18.3. The van der Waals surface area contributed by atoms with E-state index in [1.807, 2.05) is 38.1 Å². The Morgan fingerprint density at radius 2 is 1.84 bits per heavy atom. The van der Waals surface area contributed by atoms with Gasteiger partial charge in [0.25, 0.3) is 0 Å². The number of nitrogens with zero attached hydrogens (tertiary/aromatic N) is 1. The number of pyridine rings is 1. The molecule has 10 heteroatoms. The predicted molar refractivity (Wildman–Crippen MR) is 182 cm³/mol. The number of rotatable bonds is 7. The second-order valence-corrected chi connectivity index (χ2v) is 14.4. The van der Waals surface area contributed by atoms with Gasteiger partial charge in [-0.3, -0.25) is 4.98 Å². The van der Waals surface area contributed by atoms with Crippen LogP contribution >= 0.6 is 0 Å². The molecule has 3 aliphatic rings. The Morgan fingerprint density at radius 1 is 1.10 bits per heavy atom. The van der Waals surface area contributed by atoms with Crippen LogP contribution in [-0.2, 0) is 14.2 Å². The van der Waals surface area contributed by atoms with E-state index in [1.54, 1.807) is 37.7 Å². The summed E-state index contributed by atoms with van der Waals surface area (Å²) in [7, 11) is 1.62. The molecule has 3 heterocycles. The Labute approximate surface area is 290 Å². The molecule has 0 bridgehead atoms. The van der Waals surface area contributed by atoms with E-state index in [9.17, 15) is 19.1 Å². The SMILES string of the molecule is COC(OC1CCC2(C)C(CC(OC(=O)c3ccc(F)cc3)C3(C)Oc4cc(-c5cccnc5)oc(=O)c4C(O)C23)C1C)c1ccc(C)cc1. The van der Waals surface area contributed by atoms with Crippen molar-refractivity contribution < 1.29 is 37.7 Å². The van der Waals surface area contributed by atoms with Crippen LogP contribution < -0.4 is 10.4 Å². The van der Waals surface area contributed by atoms with Gasteiger partial charge < -0.3 is 28.5 Å². The molecule has 2 aliphatic carbocycles. The van der Waals surface area contributed by atoms with Crippen molar-refractivity contribution >= 4 is 5.97 Å². The van der Waals surface area contributed by atoms with Crippen LogP contribution in [0.3, 0.4) is 0 Å². The monoisotopic (exact) mass is 683 g/mol. The highest BCUT2D eigenvalue weighted by Gasteiger charge is 2.68. The molecular formula is C40H42FNO8. The third-order valence-corrected chi connectivity index (χ3v) is 11.5. The fourth-order valence-corrected chi connectivity index (χ4v) is 8.93. The number of aliphatic hydroxyl groups excluding tert-OH is 1. The van der Waals surface area contributed by atoms with E-state index in [0.717, 1.165) is 11.1 Å². The Hall–Kier alpha value is -4.38. The van der Waals surface area contributed by atoms with Gasteiger partial charge in [-0.15, -0.1) is 0 Å². The first-order chi connectivity index (χ1) is 23.9. The molecule has 2 aromatic heterocycles. The molecule has 50 heavy (non-hydrogen) atoms. The Morgan fingerprint density at radius 3 is 2.52 bits per heavy atom. The van der Waals surface area contributed by atoms with Gasteiger partial charge in [0.2, 0.25) is 0 Å². The number of carbonyl (C=O) groups is 1. The number of aryl methyl sites for hydroxylation is 1. The topological polar surface area (TPSA) is 117 Å². The van der Waals surface area contributed by atoms with Crippen molar-refractivity contribution in [3.8, 4) is 17.1 Å². The molecule has 9 unspecified atom stereocenters. The zero-order valence-electron chi connectivity index (χ0n) is 28.8. The van der Waals surface area contributed by atoms with Crippen LogP contribution in [0.2, 0.25) is 0 Å². The third kappa shape index (κ3) is 5.83. The van der Waals surface area contributed by atoms with E-state index in [4.69, 9.17) is 23.4 Å². The number of halogens is 1. The maximum Gasteiger partial charge on any atom is 0.345 e. The maximum absolute atomic E-state index is 13.8. The number of benzene rings is 2. The number of aromatic nitrogens is 1. The highest BCUT2D eigenvalue weighted by atomic mass is 19.1. The molecule has 1 aliphatic heterocycles. The van der Waals surface area contributed by atoms with Crippen molar-refractivity contribution in [1.29, 1.82) is 0 Å². The van der Waals surface area contributed by atoms with E-state index in [2.05, 4.69) is 18.8 Å². The quantitative estimate of drug-likeness (QED) is 0.158. The summed E-state index contributed by atoms with van der Waals surface area (Å²) in [5, 5.41) is 12.3. The zero-order valence-corrected chi connectivity index (χ0v) is 28.8. The molecule has 2 saturated carbocycles. The van der Waals surface area contributed by atoms with Gasteiger partial charge in [-0.25, -0.2) is 14.0 Å². The van der Waals surface area contributed by atoms with Gasteiger partial charge in [-0.2, -0.15) is 0 Å². The summed E-state index contributed by atoms with van der Waals surface area (Å²) in [4.78, 5) is 31.4. The molecule has 9 nitrogen and oxygen atoms in total. The van der Waals surface area contributed by atoms with Gasteiger partial charge in [0.15, 0.2) is 6.29 Å². The summed E-state index contributed by atoms with van der Waals surface area (Å²) in [6.07, 6.45) is 1.97. The van der Waals surface area contributed by atoms with Crippen molar-refractivity contribution in [2.45, 2.75) is 77.2 Å². The average Bonchev–Trinajstić information content (AvgIpc) is 3.09. The van der Waals surface area contributed by atoms with Gasteiger partial charge in [0, 0.05) is 42.6 Å². The van der Waals surface area contributed by atoms with Crippen molar-refractivity contribution in [3.63, 3.8) is 0 Å². The zero-order chi connectivity index (χ0) is 35.4. The van der Waals surface area contributed by atoms with E-state index < -0.39 is 52.8 Å². The Balaban J connectivity index is 1.27. The van der Waals surface area contributed by atoms with Crippen LogP contribution in [0.1, 0.15) is 79.5 Å². The number of esters is 1. The average molecular weight is 684 g/mol. The number of aliphatic hydroxyl groups is 1. The van der Waals surface area contributed by atoms with Gasteiger partial charge in [-0.1, -0.05) is 43.7 Å². The summed E-state index contributed by atoms with van der Waals surface area (Å²) in [5.74, 6) is -1.55. The van der Waals surface area contributed by atoms with Gasteiger partial charge in [0.1, 0.15) is 34.6 Å². The fraction of sp³-hybridized carbons (Fsp3) is 0.425. The van der Waals surface area contributed by atoms with Crippen LogP contribution in [0.5, 0.6) is 5.75 Å². The molecule has 262 valence electrons. The molecule has 1 N–H and O–H groups in total.